The van der Waals surface area contributed by atoms with Crippen LogP contribution in [-0.4, -0.2) is 28.6 Å². The molecule has 0 aliphatic carbocycles. The van der Waals surface area contributed by atoms with Gasteiger partial charge in [0.1, 0.15) is 0 Å². The smallest absolute Gasteiger partial charge is 0.240 e. The van der Waals surface area contributed by atoms with Gasteiger partial charge in [-0.2, -0.15) is 0 Å². The molecule has 1 rings (SSSR count). The predicted molar refractivity (Wildman–Crippen MR) is 78.6 cm³/mol. The van der Waals surface area contributed by atoms with Crippen LogP contribution >= 0.6 is 0 Å². The van der Waals surface area contributed by atoms with Crippen LogP contribution < -0.4 is 15.8 Å². The molecule has 1 unspecified atom stereocenters. The molecule has 6 heteroatoms. The second-order valence-corrected chi connectivity index (χ2v) is 6.35. The zero-order valence-corrected chi connectivity index (χ0v) is 12.3. The fraction of sp³-hybridized carbons (Fsp3) is 0.538. The van der Waals surface area contributed by atoms with Crippen molar-refractivity contribution >= 4 is 15.7 Å². The molecule has 5 nitrogen and oxygen atoms in total. The molecule has 0 saturated heterocycles. The first kappa shape index (κ1) is 15.9. The molecule has 0 saturated carbocycles. The Bertz CT molecular complexity index is 471. The first-order chi connectivity index (χ1) is 9.03. The van der Waals surface area contributed by atoms with Crippen LogP contribution in [0.1, 0.15) is 19.8 Å². The standard InChI is InChI=1S/C13H23N3O2S/c1-3-11(8-9-14)10-16-12-4-6-13(7-5-12)19(17,18)15-2/h4-7,11,15-16H,3,8-10,14H2,1-2H3. The topological polar surface area (TPSA) is 84.2 Å². The van der Waals surface area contributed by atoms with Crippen LogP contribution in [0.4, 0.5) is 5.69 Å². The normalized spacial score (nSPS) is 13.2. The maximum absolute atomic E-state index is 11.6. The summed E-state index contributed by atoms with van der Waals surface area (Å²) >= 11 is 0. The van der Waals surface area contributed by atoms with Crippen LogP contribution in [-0.2, 0) is 10.0 Å². The molecule has 0 radical (unpaired) electrons. The zero-order valence-electron chi connectivity index (χ0n) is 11.5. The Hall–Kier alpha value is -1.11. The second kappa shape index (κ2) is 7.47. The largest absolute Gasteiger partial charge is 0.385 e. The quantitative estimate of drug-likeness (QED) is 0.674. The van der Waals surface area contributed by atoms with Gasteiger partial charge >= 0.3 is 0 Å². The lowest BCUT2D eigenvalue weighted by Gasteiger charge is -2.15. The van der Waals surface area contributed by atoms with Crippen molar-refractivity contribution in [2.75, 3.05) is 25.5 Å². The SMILES string of the molecule is CCC(CCN)CNc1ccc(S(=O)(=O)NC)cc1. The highest BCUT2D eigenvalue weighted by molar-refractivity contribution is 7.89. The van der Waals surface area contributed by atoms with Crippen molar-refractivity contribution in [3.8, 4) is 0 Å². The average Bonchev–Trinajstić information content (AvgIpc) is 2.44. The molecule has 0 fully saturated rings. The average molecular weight is 285 g/mol. The first-order valence-electron chi connectivity index (χ1n) is 6.51. The lowest BCUT2D eigenvalue weighted by atomic mass is 10.0. The number of anilines is 1. The number of hydrogen-bond acceptors (Lipinski definition) is 4. The van der Waals surface area contributed by atoms with Gasteiger partial charge in [-0.3, -0.25) is 0 Å². The second-order valence-electron chi connectivity index (χ2n) is 4.46. The van der Waals surface area contributed by atoms with Gasteiger partial charge in [-0.1, -0.05) is 13.3 Å². The van der Waals surface area contributed by atoms with Crippen molar-refractivity contribution < 1.29 is 8.42 Å². The van der Waals surface area contributed by atoms with E-state index >= 15 is 0 Å². The Kier molecular flexibility index (Phi) is 6.27. The summed E-state index contributed by atoms with van der Waals surface area (Å²) in [7, 11) is -1.95. The molecule has 0 heterocycles. The van der Waals surface area contributed by atoms with E-state index in [2.05, 4.69) is 17.0 Å². The van der Waals surface area contributed by atoms with E-state index in [0.717, 1.165) is 25.1 Å². The summed E-state index contributed by atoms with van der Waals surface area (Å²) < 4.78 is 25.4. The number of nitrogens with one attached hydrogen (secondary N) is 2. The van der Waals surface area contributed by atoms with E-state index in [1.807, 2.05) is 0 Å². The Balaban J connectivity index is 2.62. The molecule has 1 aromatic carbocycles. The minimum absolute atomic E-state index is 0.273. The van der Waals surface area contributed by atoms with Gasteiger partial charge in [-0.15, -0.1) is 0 Å². The van der Waals surface area contributed by atoms with E-state index in [0.29, 0.717) is 12.5 Å². The summed E-state index contributed by atoms with van der Waals surface area (Å²) in [4.78, 5) is 0.273. The van der Waals surface area contributed by atoms with E-state index in [-0.39, 0.29) is 4.90 Å². The summed E-state index contributed by atoms with van der Waals surface area (Å²) in [6, 6.07) is 6.74. The van der Waals surface area contributed by atoms with Gasteiger partial charge in [0.25, 0.3) is 0 Å². The summed E-state index contributed by atoms with van der Waals surface area (Å²) in [5, 5.41) is 3.31. The molecule has 1 aromatic rings. The molecule has 0 amide bonds. The molecule has 4 N–H and O–H groups in total. The number of sulfonamides is 1. The van der Waals surface area contributed by atoms with Gasteiger partial charge < -0.3 is 11.1 Å². The number of hydrogen-bond donors (Lipinski definition) is 3. The lowest BCUT2D eigenvalue weighted by Crippen LogP contribution is -2.19. The fourth-order valence-electron chi connectivity index (χ4n) is 1.82. The summed E-state index contributed by atoms with van der Waals surface area (Å²) in [6.07, 6.45) is 2.08. The Morgan fingerprint density at radius 3 is 2.37 bits per heavy atom. The van der Waals surface area contributed by atoms with Crippen molar-refractivity contribution in [3.05, 3.63) is 24.3 Å². The molecular formula is C13H23N3O2S. The first-order valence-corrected chi connectivity index (χ1v) is 7.99. The molecule has 0 aliphatic rings. The predicted octanol–water partition coefficient (Wildman–Crippen LogP) is 1.38. The molecule has 0 bridgehead atoms. The lowest BCUT2D eigenvalue weighted by molar-refractivity contribution is 0.501. The van der Waals surface area contributed by atoms with E-state index in [1.165, 1.54) is 7.05 Å². The molecular weight excluding hydrogens is 262 g/mol. The summed E-state index contributed by atoms with van der Waals surface area (Å²) in [6.45, 7) is 3.69. The van der Waals surface area contributed by atoms with E-state index in [1.54, 1.807) is 24.3 Å². The zero-order chi connectivity index (χ0) is 14.3. The monoisotopic (exact) mass is 285 g/mol. The molecule has 108 valence electrons. The van der Waals surface area contributed by atoms with Gasteiger partial charge in [-0.05, 0) is 50.2 Å². The van der Waals surface area contributed by atoms with E-state index < -0.39 is 10.0 Å². The molecule has 1 atom stereocenters. The summed E-state index contributed by atoms with van der Waals surface area (Å²) in [5.41, 5.74) is 6.48. The molecule has 0 aliphatic heterocycles. The Labute approximate surface area is 115 Å². The van der Waals surface area contributed by atoms with Crippen LogP contribution in [0.5, 0.6) is 0 Å². The van der Waals surface area contributed by atoms with Gasteiger partial charge in [0, 0.05) is 12.2 Å². The Morgan fingerprint density at radius 1 is 1.26 bits per heavy atom. The molecule has 0 aromatic heterocycles. The van der Waals surface area contributed by atoms with Gasteiger partial charge in [0.2, 0.25) is 10.0 Å². The fourth-order valence-corrected chi connectivity index (χ4v) is 2.55. The third-order valence-electron chi connectivity index (χ3n) is 3.18. The van der Waals surface area contributed by atoms with Crippen molar-refractivity contribution in [1.82, 2.24) is 4.72 Å². The van der Waals surface area contributed by atoms with Crippen molar-refractivity contribution in [3.63, 3.8) is 0 Å². The maximum atomic E-state index is 11.6. The van der Waals surface area contributed by atoms with Crippen LogP contribution in [0, 0.1) is 5.92 Å². The van der Waals surface area contributed by atoms with Crippen molar-refractivity contribution in [1.29, 1.82) is 0 Å². The van der Waals surface area contributed by atoms with Crippen LogP contribution in [0.25, 0.3) is 0 Å². The van der Waals surface area contributed by atoms with Gasteiger partial charge in [0.15, 0.2) is 0 Å². The van der Waals surface area contributed by atoms with Crippen molar-refractivity contribution in [2.24, 2.45) is 11.7 Å². The highest BCUT2D eigenvalue weighted by Gasteiger charge is 2.10. The Morgan fingerprint density at radius 2 is 1.89 bits per heavy atom. The van der Waals surface area contributed by atoms with Crippen LogP contribution in [0.15, 0.2) is 29.2 Å². The highest BCUT2D eigenvalue weighted by atomic mass is 32.2. The molecule has 19 heavy (non-hydrogen) atoms. The maximum Gasteiger partial charge on any atom is 0.240 e. The number of benzene rings is 1. The van der Waals surface area contributed by atoms with E-state index in [9.17, 15) is 8.42 Å². The third-order valence-corrected chi connectivity index (χ3v) is 4.61. The molecule has 0 spiro atoms. The number of nitrogens with two attached hydrogens (primary N) is 1. The minimum Gasteiger partial charge on any atom is -0.385 e. The van der Waals surface area contributed by atoms with E-state index in [4.69, 9.17) is 5.73 Å². The summed E-state index contributed by atoms with van der Waals surface area (Å²) in [5.74, 6) is 0.547. The van der Waals surface area contributed by atoms with Crippen molar-refractivity contribution in [2.45, 2.75) is 24.7 Å². The van der Waals surface area contributed by atoms with Gasteiger partial charge in [0.05, 0.1) is 4.90 Å². The third kappa shape index (κ3) is 4.81. The van der Waals surface area contributed by atoms with Gasteiger partial charge in [-0.25, -0.2) is 13.1 Å². The number of rotatable bonds is 8. The highest BCUT2D eigenvalue weighted by Crippen LogP contribution is 2.15. The van der Waals surface area contributed by atoms with Crippen LogP contribution in [0.2, 0.25) is 0 Å². The minimum atomic E-state index is -3.35. The van der Waals surface area contributed by atoms with Crippen LogP contribution in [0.3, 0.4) is 0 Å².